The molecular weight excluding hydrogens is 548 g/mol. The average molecular weight is 597 g/mol. The lowest BCUT2D eigenvalue weighted by atomic mass is 9.70. The maximum atomic E-state index is 14.9. The van der Waals surface area contributed by atoms with Crippen LogP contribution in [0.15, 0.2) is 49.6 Å². The zero-order valence-corrected chi connectivity index (χ0v) is 26.7. The van der Waals surface area contributed by atoms with E-state index in [9.17, 15) is 19.5 Å². The molecule has 0 aliphatic carbocycles. The summed E-state index contributed by atoms with van der Waals surface area (Å²) in [5, 5.41) is 10.6. The van der Waals surface area contributed by atoms with Crippen LogP contribution in [0, 0.1) is 17.8 Å². The van der Waals surface area contributed by atoms with E-state index in [0.29, 0.717) is 13.0 Å². The third kappa shape index (κ3) is 5.27. The van der Waals surface area contributed by atoms with Crippen LogP contribution in [0.4, 0.5) is 11.4 Å². The summed E-state index contributed by atoms with van der Waals surface area (Å²) in [4.78, 5) is 50.4. The SMILES string of the molecule is C=CCN(C)C(=O)[C@@H]1[C@H]2C(=O)N([C@@H](CO)[C@@H](C)CC)C(C(=O)N(CC=C)c3ccc(N(CC)CC)cc3)C23CC[C@H]1S3. The fourth-order valence-electron chi connectivity index (χ4n) is 7.39. The Morgan fingerprint density at radius 2 is 1.71 bits per heavy atom. The van der Waals surface area contributed by atoms with Crippen LogP contribution in [0.2, 0.25) is 0 Å². The summed E-state index contributed by atoms with van der Waals surface area (Å²) in [6.07, 6.45) is 5.60. The fourth-order valence-corrected chi connectivity index (χ4v) is 9.59. The number of fused-ring (bicyclic) bond motifs is 1. The summed E-state index contributed by atoms with van der Waals surface area (Å²) in [6.45, 7) is 18.2. The van der Waals surface area contributed by atoms with Crippen LogP contribution in [0.1, 0.15) is 47.0 Å². The highest BCUT2D eigenvalue weighted by atomic mass is 32.2. The Morgan fingerprint density at radius 1 is 1.10 bits per heavy atom. The summed E-state index contributed by atoms with van der Waals surface area (Å²) in [5.41, 5.74) is 1.82. The second-order valence-corrected chi connectivity index (χ2v) is 13.5. The lowest BCUT2D eigenvalue weighted by Crippen LogP contribution is -2.58. The van der Waals surface area contributed by atoms with Crippen LogP contribution >= 0.6 is 11.8 Å². The van der Waals surface area contributed by atoms with Gasteiger partial charge in [0.05, 0.1) is 29.2 Å². The van der Waals surface area contributed by atoms with Gasteiger partial charge in [-0.3, -0.25) is 14.4 Å². The van der Waals surface area contributed by atoms with Crippen LogP contribution < -0.4 is 9.80 Å². The van der Waals surface area contributed by atoms with Crippen molar-refractivity contribution in [1.82, 2.24) is 9.80 Å². The molecule has 0 radical (unpaired) electrons. The minimum Gasteiger partial charge on any atom is -0.394 e. The molecule has 1 N–H and O–H groups in total. The van der Waals surface area contributed by atoms with Gasteiger partial charge in [0, 0.05) is 49.9 Å². The monoisotopic (exact) mass is 596 g/mol. The molecule has 9 heteroatoms. The van der Waals surface area contributed by atoms with Crippen LogP contribution in [0.5, 0.6) is 0 Å². The molecule has 42 heavy (non-hydrogen) atoms. The zero-order chi connectivity index (χ0) is 30.8. The van der Waals surface area contributed by atoms with E-state index in [1.807, 2.05) is 38.1 Å². The van der Waals surface area contributed by atoms with Crippen LogP contribution in [-0.2, 0) is 14.4 Å². The lowest BCUT2D eigenvalue weighted by molar-refractivity contribution is -0.145. The van der Waals surface area contributed by atoms with E-state index in [1.54, 1.807) is 45.7 Å². The Morgan fingerprint density at radius 3 is 2.26 bits per heavy atom. The van der Waals surface area contributed by atoms with Gasteiger partial charge in [-0.25, -0.2) is 0 Å². The molecule has 0 aromatic heterocycles. The molecule has 7 atom stereocenters. The van der Waals surface area contributed by atoms with Gasteiger partial charge >= 0.3 is 0 Å². The van der Waals surface area contributed by atoms with Crippen molar-refractivity contribution < 1.29 is 19.5 Å². The standard InChI is InChI=1S/C33H48N4O4S/c1-8-19-34(7)30(39)27-26-17-18-33(42-26)28(27)31(40)37(25(21-38)22(6)10-3)29(33)32(41)36(20-9-2)24-15-13-23(14-16-24)35(11-4)12-5/h8-9,13-16,22,25-29,38H,1-2,10-12,17-21H2,3-7H3/t22-,25-,26+,27-,28-,29?,33?/m0/s1. The summed E-state index contributed by atoms with van der Waals surface area (Å²) in [6, 6.07) is 6.66. The minimum absolute atomic E-state index is 0.0199. The molecular formula is C33H48N4O4S. The number of rotatable bonds is 14. The fraction of sp³-hybridized carbons (Fsp3) is 0.606. The molecule has 1 aromatic carbocycles. The van der Waals surface area contributed by atoms with Crippen molar-refractivity contribution in [2.75, 3.05) is 49.6 Å². The van der Waals surface area contributed by atoms with Gasteiger partial charge in [0.1, 0.15) is 6.04 Å². The predicted molar refractivity (Wildman–Crippen MR) is 172 cm³/mol. The molecule has 4 rings (SSSR count). The topological polar surface area (TPSA) is 84.4 Å². The number of carbonyl (C=O) groups is 3. The van der Waals surface area contributed by atoms with Crippen molar-refractivity contribution in [2.45, 2.75) is 69.0 Å². The summed E-state index contributed by atoms with van der Waals surface area (Å²) in [7, 11) is 1.75. The number of aliphatic hydroxyl groups is 1. The van der Waals surface area contributed by atoms with Crippen molar-refractivity contribution in [3.8, 4) is 0 Å². The second-order valence-electron chi connectivity index (χ2n) is 11.9. The van der Waals surface area contributed by atoms with Gasteiger partial charge < -0.3 is 24.7 Å². The highest BCUT2D eigenvalue weighted by Gasteiger charge is 2.74. The van der Waals surface area contributed by atoms with E-state index in [4.69, 9.17) is 0 Å². The molecule has 0 saturated carbocycles. The van der Waals surface area contributed by atoms with E-state index in [2.05, 4.69) is 31.9 Å². The van der Waals surface area contributed by atoms with E-state index < -0.39 is 28.7 Å². The Hall–Kier alpha value is -2.78. The summed E-state index contributed by atoms with van der Waals surface area (Å²) < 4.78 is -0.727. The number of nitrogens with zero attached hydrogens (tertiary/aromatic N) is 4. The van der Waals surface area contributed by atoms with Gasteiger partial charge in [0.25, 0.3) is 5.91 Å². The number of benzene rings is 1. The summed E-state index contributed by atoms with van der Waals surface area (Å²) in [5.74, 6) is -1.56. The third-order valence-corrected chi connectivity index (χ3v) is 11.7. The Kier molecular flexibility index (Phi) is 10.1. The van der Waals surface area contributed by atoms with Gasteiger partial charge in [-0.1, -0.05) is 32.4 Å². The third-order valence-electron chi connectivity index (χ3n) is 9.75. The Labute approximate surface area is 255 Å². The van der Waals surface area contributed by atoms with Gasteiger partial charge in [-0.15, -0.1) is 24.9 Å². The maximum absolute atomic E-state index is 14.9. The van der Waals surface area contributed by atoms with Gasteiger partial charge in [0.2, 0.25) is 11.8 Å². The molecule has 3 fully saturated rings. The van der Waals surface area contributed by atoms with Crippen molar-refractivity contribution in [3.05, 3.63) is 49.6 Å². The first-order valence-electron chi connectivity index (χ1n) is 15.4. The molecule has 3 aliphatic heterocycles. The van der Waals surface area contributed by atoms with Gasteiger partial charge in [0.15, 0.2) is 0 Å². The highest BCUT2D eigenvalue weighted by Crippen LogP contribution is 2.67. The molecule has 230 valence electrons. The van der Waals surface area contributed by atoms with E-state index in [0.717, 1.165) is 37.3 Å². The number of aliphatic hydroxyl groups excluding tert-OH is 1. The number of hydrogen-bond donors (Lipinski definition) is 1. The molecule has 3 saturated heterocycles. The van der Waals surface area contributed by atoms with Crippen molar-refractivity contribution >= 4 is 40.9 Å². The molecule has 1 aromatic rings. The first-order chi connectivity index (χ1) is 20.1. The number of likely N-dealkylation sites (tertiary alicyclic amines) is 1. The molecule has 1 spiro atoms. The second kappa shape index (κ2) is 13.2. The van der Waals surface area contributed by atoms with Crippen LogP contribution in [-0.4, -0.2) is 94.5 Å². The maximum Gasteiger partial charge on any atom is 0.251 e. The first-order valence-corrected chi connectivity index (χ1v) is 16.3. The largest absolute Gasteiger partial charge is 0.394 e. The average Bonchev–Trinajstić information content (AvgIpc) is 3.64. The molecule has 2 bridgehead atoms. The minimum atomic E-state index is -0.791. The van der Waals surface area contributed by atoms with Crippen molar-refractivity contribution in [1.29, 1.82) is 0 Å². The summed E-state index contributed by atoms with van der Waals surface area (Å²) >= 11 is 1.66. The Balaban J connectivity index is 1.80. The first kappa shape index (κ1) is 32.1. The molecule has 3 heterocycles. The van der Waals surface area contributed by atoms with E-state index >= 15 is 0 Å². The van der Waals surface area contributed by atoms with Crippen LogP contribution in [0.25, 0.3) is 0 Å². The van der Waals surface area contributed by atoms with E-state index in [1.165, 1.54) is 0 Å². The molecule has 3 amide bonds. The Bertz CT molecular complexity index is 1170. The number of likely N-dealkylation sites (N-methyl/N-ethyl adjacent to an activating group) is 1. The normalized spacial score (nSPS) is 27.4. The van der Waals surface area contributed by atoms with Crippen molar-refractivity contribution in [3.63, 3.8) is 0 Å². The lowest BCUT2D eigenvalue weighted by Gasteiger charge is -2.41. The number of amides is 3. The van der Waals surface area contributed by atoms with Gasteiger partial charge in [-0.05, 0) is 56.9 Å². The molecule has 2 unspecified atom stereocenters. The van der Waals surface area contributed by atoms with Crippen LogP contribution in [0.3, 0.4) is 0 Å². The molecule has 3 aliphatic rings. The number of anilines is 2. The quantitative estimate of drug-likeness (QED) is 0.324. The van der Waals surface area contributed by atoms with E-state index in [-0.39, 0.29) is 42.0 Å². The smallest absolute Gasteiger partial charge is 0.251 e. The number of hydrogen-bond acceptors (Lipinski definition) is 6. The zero-order valence-electron chi connectivity index (χ0n) is 25.9. The predicted octanol–water partition coefficient (Wildman–Crippen LogP) is 4.19. The number of thioether (sulfide) groups is 1. The van der Waals surface area contributed by atoms with Gasteiger partial charge in [-0.2, -0.15) is 0 Å². The van der Waals surface area contributed by atoms with Crippen molar-refractivity contribution in [2.24, 2.45) is 17.8 Å². The highest BCUT2D eigenvalue weighted by molar-refractivity contribution is 8.02. The number of carbonyl (C=O) groups excluding carboxylic acids is 3. The molecule has 8 nitrogen and oxygen atoms in total.